The summed E-state index contributed by atoms with van der Waals surface area (Å²) in [6, 6.07) is 10.3. The van der Waals surface area contributed by atoms with E-state index in [9.17, 15) is 18.0 Å². The van der Waals surface area contributed by atoms with Gasteiger partial charge in [-0.2, -0.15) is 13.2 Å². The molecule has 0 atom stereocenters. The fourth-order valence-corrected chi connectivity index (χ4v) is 3.59. The van der Waals surface area contributed by atoms with Crippen molar-refractivity contribution in [1.82, 2.24) is 10.3 Å². The van der Waals surface area contributed by atoms with Crippen LogP contribution in [-0.4, -0.2) is 31.5 Å². The lowest BCUT2D eigenvalue weighted by atomic mass is 10.1. The number of carbonyl (C=O) groups is 1. The predicted octanol–water partition coefficient (Wildman–Crippen LogP) is 4.07. The Balaban J connectivity index is 1.78. The zero-order valence-electron chi connectivity index (χ0n) is 20.7. The van der Waals surface area contributed by atoms with E-state index in [-0.39, 0.29) is 24.6 Å². The Morgan fingerprint density at radius 3 is 2.57 bits per heavy atom. The number of Topliss-reactive ketones (excluding diaryl/α,β-unsaturated/α-hetero) is 1. The number of methoxy groups -OCH3 is 1. The molecule has 0 aliphatic heterocycles. The standard InChI is InChI=1S/C26H29F3N6O2/c1-16-4-5-18(9-24(16)35(31)15-23(30)19-8-22(37-3)13-33-12-19)25(36)14-34-21-7-17(11-32-2)6-20(10-21)26(27,28)29/h4-10,12-13,15,32,34H,11,14,30-31H2,1-3H3/b23-15-. The van der Waals surface area contributed by atoms with Crippen LogP contribution in [0.5, 0.6) is 5.75 Å². The first-order valence-electron chi connectivity index (χ1n) is 11.3. The number of ketones is 1. The molecule has 0 bridgehead atoms. The normalized spacial score (nSPS) is 11.8. The van der Waals surface area contributed by atoms with Crippen LogP contribution in [-0.2, 0) is 12.7 Å². The number of hydrazine groups is 1. The van der Waals surface area contributed by atoms with Crippen molar-refractivity contribution in [3.63, 3.8) is 0 Å². The number of pyridine rings is 1. The Labute approximate surface area is 213 Å². The Morgan fingerprint density at radius 1 is 1.14 bits per heavy atom. The van der Waals surface area contributed by atoms with Gasteiger partial charge in [0.15, 0.2) is 5.78 Å². The molecule has 37 heavy (non-hydrogen) atoms. The van der Waals surface area contributed by atoms with Gasteiger partial charge in [0.25, 0.3) is 0 Å². The Hall–Kier alpha value is -4.09. The third-order valence-corrected chi connectivity index (χ3v) is 5.52. The molecular weight excluding hydrogens is 485 g/mol. The number of rotatable bonds is 10. The van der Waals surface area contributed by atoms with E-state index < -0.39 is 11.7 Å². The summed E-state index contributed by atoms with van der Waals surface area (Å²) in [5, 5.41) is 6.94. The highest BCUT2D eigenvalue weighted by atomic mass is 19.4. The van der Waals surface area contributed by atoms with Crippen molar-refractivity contribution in [3.05, 3.63) is 88.9 Å². The van der Waals surface area contributed by atoms with Crippen molar-refractivity contribution < 1.29 is 22.7 Å². The first-order chi connectivity index (χ1) is 17.5. The molecule has 0 aliphatic rings. The number of nitrogens with zero attached hydrogens (tertiary/aromatic N) is 2. The molecule has 3 rings (SSSR count). The van der Waals surface area contributed by atoms with Gasteiger partial charge < -0.3 is 21.1 Å². The summed E-state index contributed by atoms with van der Waals surface area (Å²) in [6.45, 7) is 1.87. The summed E-state index contributed by atoms with van der Waals surface area (Å²) in [6.07, 6.45) is 0.107. The minimum atomic E-state index is -4.50. The van der Waals surface area contributed by atoms with Gasteiger partial charge in [-0.05, 0) is 55.4 Å². The first-order valence-corrected chi connectivity index (χ1v) is 11.3. The maximum Gasteiger partial charge on any atom is 0.416 e. The second-order valence-corrected chi connectivity index (χ2v) is 8.33. The third kappa shape index (κ3) is 7.21. The van der Waals surface area contributed by atoms with Gasteiger partial charge in [-0.25, -0.2) is 5.84 Å². The number of benzene rings is 2. The van der Waals surface area contributed by atoms with E-state index in [0.29, 0.717) is 33.8 Å². The van der Waals surface area contributed by atoms with Crippen LogP contribution in [0.25, 0.3) is 5.70 Å². The van der Waals surface area contributed by atoms with Crippen molar-refractivity contribution in [1.29, 1.82) is 0 Å². The van der Waals surface area contributed by atoms with Crippen molar-refractivity contribution in [2.75, 3.05) is 31.0 Å². The van der Waals surface area contributed by atoms with Gasteiger partial charge in [0.05, 0.1) is 36.8 Å². The molecule has 1 heterocycles. The van der Waals surface area contributed by atoms with Crippen LogP contribution in [0.15, 0.2) is 61.1 Å². The summed E-state index contributed by atoms with van der Waals surface area (Å²) in [4.78, 5) is 17.0. The summed E-state index contributed by atoms with van der Waals surface area (Å²) in [7, 11) is 3.16. The van der Waals surface area contributed by atoms with Gasteiger partial charge >= 0.3 is 6.18 Å². The maximum atomic E-state index is 13.3. The van der Waals surface area contributed by atoms with E-state index in [4.69, 9.17) is 16.3 Å². The Morgan fingerprint density at radius 2 is 1.89 bits per heavy atom. The maximum absolute atomic E-state index is 13.3. The molecule has 2 aromatic carbocycles. The van der Waals surface area contributed by atoms with Crippen molar-refractivity contribution >= 4 is 22.9 Å². The topological polar surface area (TPSA) is 119 Å². The SMILES string of the molecule is CNCc1cc(NCC(=O)c2ccc(C)c(N(N)/C=C(\N)c3cncc(OC)c3)c2)cc(C(F)(F)F)c1. The number of hydrogen-bond acceptors (Lipinski definition) is 8. The van der Waals surface area contributed by atoms with Crippen LogP contribution in [0, 0.1) is 6.92 Å². The minimum Gasteiger partial charge on any atom is -0.495 e. The summed E-state index contributed by atoms with van der Waals surface area (Å²) in [5.74, 6) is 6.44. The second kappa shape index (κ2) is 11.8. The molecule has 0 aliphatic carbocycles. The van der Waals surface area contributed by atoms with E-state index in [2.05, 4.69) is 15.6 Å². The highest BCUT2D eigenvalue weighted by Gasteiger charge is 2.31. The Bertz CT molecular complexity index is 1290. The summed E-state index contributed by atoms with van der Waals surface area (Å²) >= 11 is 0. The molecule has 0 radical (unpaired) electrons. The number of alkyl halides is 3. The fraction of sp³-hybridized carbons (Fsp3) is 0.231. The molecule has 3 aromatic rings. The number of hydrogen-bond donors (Lipinski definition) is 4. The monoisotopic (exact) mass is 514 g/mol. The van der Waals surface area contributed by atoms with Crippen LogP contribution in [0.3, 0.4) is 0 Å². The number of aryl methyl sites for hydroxylation is 1. The second-order valence-electron chi connectivity index (χ2n) is 8.33. The third-order valence-electron chi connectivity index (χ3n) is 5.52. The molecule has 8 nitrogen and oxygen atoms in total. The van der Waals surface area contributed by atoms with Crippen LogP contribution in [0.1, 0.15) is 32.6 Å². The summed E-state index contributed by atoms with van der Waals surface area (Å²) < 4.78 is 45.0. The van der Waals surface area contributed by atoms with E-state index in [1.165, 1.54) is 18.3 Å². The number of aromatic nitrogens is 1. The Kier molecular flexibility index (Phi) is 8.74. The van der Waals surface area contributed by atoms with E-state index >= 15 is 0 Å². The van der Waals surface area contributed by atoms with Crippen LogP contribution in [0.2, 0.25) is 0 Å². The average Bonchev–Trinajstić information content (AvgIpc) is 2.87. The summed E-state index contributed by atoms with van der Waals surface area (Å²) in [5.41, 5.74) is 8.60. The predicted molar refractivity (Wildman–Crippen MR) is 138 cm³/mol. The highest BCUT2D eigenvalue weighted by Crippen LogP contribution is 2.32. The molecule has 11 heteroatoms. The fourth-order valence-electron chi connectivity index (χ4n) is 3.59. The molecule has 1 aromatic heterocycles. The van der Waals surface area contributed by atoms with E-state index in [1.54, 1.807) is 49.8 Å². The van der Waals surface area contributed by atoms with Crippen molar-refractivity contribution in [3.8, 4) is 5.75 Å². The molecule has 0 saturated carbocycles. The number of anilines is 2. The number of halogens is 3. The number of nitrogens with one attached hydrogen (secondary N) is 2. The van der Waals surface area contributed by atoms with Crippen LogP contribution >= 0.6 is 0 Å². The van der Waals surface area contributed by atoms with Crippen molar-refractivity contribution in [2.45, 2.75) is 19.6 Å². The van der Waals surface area contributed by atoms with Gasteiger partial charge in [-0.15, -0.1) is 0 Å². The minimum absolute atomic E-state index is 0.198. The quantitative estimate of drug-likeness (QED) is 0.182. The van der Waals surface area contributed by atoms with Crippen LogP contribution < -0.4 is 32.0 Å². The van der Waals surface area contributed by atoms with Gasteiger partial charge in [0.1, 0.15) is 5.75 Å². The van der Waals surface area contributed by atoms with Crippen LogP contribution in [0.4, 0.5) is 24.5 Å². The molecule has 0 fully saturated rings. The molecular formula is C26H29F3N6O2. The van der Waals surface area contributed by atoms with Gasteiger partial charge in [-0.1, -0.05) is 12.1 Å². The van der Waals surface area contributed by atoms with E-state index in [1.807, 2.05) is 6.92 Å². The lowest BCUT2D eigenvalue weighted by molar-refractivity contribution is -0.137. The zero-order chi connectivity index (χ0) is 27.2. The molecule has 0 amide bonds. The molecule has 0 spiro atoms. The first kappa shape index (κ1) is 27.5. The highest BCUT2D eigenvalue weighted by molar-refractivity contribution is 6.00. The average molecular weight is 515 g/mol. The van der Waals surface area contributed by atoms with Gasteiger partial charge in [0.2, 0.25) is 0 Å². The number of nitrogens with two attached hydrogens (primary N) is 2. The zero-order valence-corrected chi connectivity index (χ0v) is 20.7. The molecule has 196 valence electrons. The van der Waals surface area contributed by atoms with Crippen molar-refractivity contribution in [2.24, 2.45) is 11.6 Å². The van der Waals surface area contributed by atoms with Gasteiger partial charge in [0, 0.05) is 35.8 Å². The smallest absolute Gasteiger partial charge is 0.416 e. The molecule has 6 N–H and O–H groups in total. The number of ether oxygens (including phenoxy) is 1. The van der Waals surface area contributed by atoms with E-state index in [0.717, 1.165) is 17.7 Å². The lowest BCUT2D eigenvalue weighted by Crippen LogP contribution is -2.27. The number of carbonyl (C=O) groups excluding carboxylic acids is 1. The van der Waals surface area contributed by atoms with Gasteiger partial charge in [-0.3, -0.25) is 14.8 Å². The molecule has 0 saturated heterocycles. The largest absolute Gasteiger partial charge is 0.495 e. The molecule has 0 unspecified atom stereocenters. The lowest BCUT2D eigenvalue weighted by Gasteiger charge is -2.19.